The second kappa shape index (κ2) is 17.2. The number of carboxylic acids is 2. The van der Waals surface area contributed by atoms with Gasteiger partial charge in [0.2, 0.25) is 0 Å². The molecule has 5 aromatic carbocycles. The Morgan fingerprint density at radius 1 is 0.540 bits per heavy atom. The van der Waals surface area contributed by atoms with E-state index in [4.69, 9.17) is 20.0 Å². The predicted molar refractivity (Wildman–Crippen MR) is 245 cm³/mol. The molecular weight excluding hydrogens is 834 g/mol. The second-order valence-electron chi connectivity index (χ2n) is 15.0. The van der Waals surface area contributed by atoms with Crippen LogP contribution in [0.2, 0.25) is 0 Å². The van der Waals surface area contributed by atoms with Gasteiger partial charge in [0.25, 0.3) is 0 Å². The van der Waals surface area contributed by atoms with Crippen LogP contribution in [-0.4, -0.2) is 39.3 Å². The molecule has 8 nitrogen and oxygen atoms in total. The van der Waals surface area contributed by atoms with Crippen LogP contribution in [0, 0.1) is 0 Å². The number of hydrogen-bond donors (Lipinski definition) is 2. The van der Waals surface area contributed by atoms with Gasteiger partial charge in [-0.1, -0.05) is 152 Å². The number of allylic oxidation sites excluding steroid dienone is 8. The van der Waals surface area contributed by atoms with Crippen LogP contribution in [0.5, 0.6) is 0 Å². The Bertz CT molecular complexity index is 3150. The minimum Gasteiger partial charge on any atom is -0.660 e. The fourth-order valence-corrected chi connectivity index (χ4v) is 8.31. The number of hydrogen-bond acceptors (Lipinski definition) is 5. The molecule has 0 saturated carbocycles. The first-order valence-corrected chi connectivity index (χ1v) is 20.1. The standard InChI is InChI=1S/C54H36N4O4.Zn/c59-53(60)39-24-22-33(31-40(39)54(61)62)21-23-38-32-47-50(36-17-9-3-10-18-36)45-28-27-43(56-45)48(34-13-5-1-6-14-34)41-25-26-42(55-41)49(35-15-7-2-8-16-35)44-29-30-46(57-44)51(52(38)58-47)37-19-11-4-12-20-37;/h1-32,48H,(H3,55,56,57,58,59,60,61,62);/p-1/b23-21+;. The van der Waals surface area contributed by atoms with E-state index < -0.39 is 11.9 Å². The van der Waals surface area contributed by atoms with Crippen molar-refractivity contribution in [3.8, 4) is 0 Å². The van der Waals surface area contributed by atoms with Crippen molar-refractivity contribution >= 4 is 51.9 Å². The number of aromatic nitrogens is 1. The third-order valence-corrected chi connectivity index (χ3v) is 11.2. The van der Waals surface area contributed by atoms with Crippen molar-refractivity contribution in [3.63, 3.8) is 0 Å². The molecule has 8 bridgehead atoms. The Morgan fingerprint density at radius 2 is 1.13 bits per heavy atom. The molecule has 4 aliphatic rings. The second-order valence-corrected chi connectivity index (χ2v) is 15.0. The first-order valence-electron chi connectivity index (χ1n) is 20.1. The zero-order valence-corrected chi connectivity index (χ0v) is 36.7. The van der Waals surface area contributed by atoms with Crippen LogP contribution in [0.4, 0.5) is 0 Å². The molecule has 1 aromatic heterocycles. The summed E-state index contributed by atoms with van der Waals surface area (Å²) in [5.74, 6) is -2.91. The molecule has 9 heteroatoms. The zero-order chi connectivity index (χ0) is 42.2. The third kappa shape index (κ3) is 7.82. The Kier molecular flexibility index (Phi) is 11.1. The van der Waals surface area contributed by atoms with Crippen molar-refractivity contribution in [2.24, 2.45) is 15.0 Å². The van der Waals surface area contributed by atoms with Gasteiger partial charge in [-0.2, -0.15) is 0 Å². The largest absolute Gasteiger partial charge is 0.660 e. The molecule has 0 saturated heterocycles. The van der Waals surface area contributed by atoms with Crippen LogP contribution in [-0.2, 0) is 19.5 Å². The maximum Gasteiger partial charge on any atom is 0.336 e. The number of fused-ring (bicyclic) bond motifs is 5. The number of carbonyl (C=O) groups is 2. The van der Waals surface area contributed by atoms with Crippen LogP contribution in [0.3, 0.4) is 0 Å². The van der Waals surface area contributed by atoms with E-state index in [-0.39, 0.29) is 36.5 Å². The number of benzene rings is 5. The van der Waals surface area contributed by atoms with Crippen LogP contribution >= 0.6 is 0 Å². The smallest absolute Gasteiger partial charge is 0.336 e. The van der Waals surface area contributed by atoms with Gasteiger partial charge in [-0.05, 0) is 75.9 Å². The fraction of sp³-hybridized carbons (Fsp3) is 0.0185. The molecule has 298 valence electrons. The molecule has 0 fully saturated rings. The Labute approximate surface area is 376 Å². The van der Waals surface area contributed by atoms with Gasteiger partial charge in [-0.25, -0.2) is 19.6 Å². The van der Waals surface area contributed by atoms with Crippen LogP contribution in [0.25, 0.3) is 22.8 Å². The minimum absolute atomic E-state index is 0. The molecule has 0 amide bonds. The summed E-state index contributed by atoms with van der Waals surface area (Å²) in [7, 11) is 0. The van der Waals surface area contributed by atoms with E-state index in [1.54, 1.807) is 12.1 Å². The fourth-order valence-electron chi connectivity index (χ4n) is 8.31. The van der Waals surface area contributed by atoms with E-state index in [0.717, 1.165) is 73.0 Å². The SMILES string of the molecule is O=C(O)c1ccc(/C=C/C2=CC3=NC/2=C(/c2ccccc2)C2=NC(=C(c4ccccc4)c4ccc([n-]4)C(c4ccccc4)C4=N/C(=C\3c3ccccc3)C=C4)C=C2)cc1C(=O)O.[Zn]. The number of aromatic carboxylic acids is 2. The Morgan fingerprint density at radius 3 is 1.78 bits per heavy atom. The van der Waals surface area contributed by atoms with E-state index in [2.05, 4.69) is 54.6 Å². The Balaban J connectivity index is 0.00000504. The van der Waals surface area contributed by atoms with Gasteiger partial charge >= 0.3 is 11.9 Å². The van der Waals surface area contributed by atoms with Gasteiger partial charge in [0.15, 0.2) is 0 Å². The van der Waals surface area contributed by atoms with Gasteiger partial charge in [0.05, 0.1) is 45.4 Å². The summed E-state index contributed by atoms with van der Waals surface area (Å²) in [5.41, 5.74) is 13.1. The van der Waals surface area contributed by atoms with Crippen molar-refractivity contribution in [1.29, 1.82) is 0 Å². The topological polar surface area (TPSA) is 126 Å². The van der Waals surface area contributed by atoms with Gasteiger partial charge in [-0.3, -0.25) is 4.99 Å². The number of rotatable bonds is 8. The van der Waals surface area contributed by atoms with Crippen molar-refractivity contribution in [2.75, 3.05) is 0 Å². The molecule has 0 aliphatic carbocycles. The Hall–Kier alpha value is -7.87. The number of nitrogens with zero attached hydrogens (tertiary/aromatic N) is 4. The summed E-state index contributed by atoms with van der Waals surface area (Å²) in [4.78, 5) is 45.7. The van der Waals surface area contributed by atoms with E-state index in [1.165, 1.54) is 12.1 Å². The first kappa shape index (κ1) is 40.5. The maximum absolute atomic E-state index is 12.2. The van der Waals surface area contributed by atoms with E-state index in [0.29, 0.717) is 22.7 Å². The van der Waals surface area contributed by atoms with Crippen molar-refractivity contribution < 1.29 is 39.3 Å². The van der Waals surface area contributed by atoms with Crippen molar-refractivity contribution in [1.82, 2.24) is 4.98 Å². The zero-order valence-electron chi connectivity index (χ0n) is 33.8. The van der Waals surface area contributed by atoms with E-state index >= 15 is 0 Å². The number of carboxylic acid groups (broad SMARTS) is 2. The molecular formula is C54H35N4O4Zn-. The molecule has 1 unspecified atom stereocenters. The molecule has 2 N–H and O–H groups in total. The summed E-state index contributed by atoms with van der Waals surface area (Å²) in [6.45, 7) is 0. The molecule has 4 aliphatic heterocycles. The first-order chi connectivity index (χ1) is 30.4. The van der Waals surface area contributed by atoms with Crippen molar-refractivity contribution in [3.05, 3.63) is 261 Å². The van der Waals surface area contributed by atoms with Gasteiger partial charge in [0, 0.05) is 42.1 Å². The van der Waals surface area contributed by atoms with Crippen LogP contribution in [0.1, 0.15) is 65.8 Å². The summed E-state index contributed by atoms with van der Waals surface area (Å²) >= 11 is 0. The average molecular weight is 869 g/mol. The van der Waals surface area contributed by atoms with Crippen molar-refractivity contribution in [2.45, 2.75) is 5.92 Å². The summed E-state index contributed by atoms with van der Waals surface area (Å²) in [6, 6.07) is 49.0. The summed E-state index contributed by atoms with van der Waals surface area (Å²) in [6.07, 6.45) is 13.9. The van der Waals surface area contributed by atoms with E-state index in [9.17, 15) is 19.8 Å². The molecule has 10 rings (SSSR count). The number of aliphatic imine (C=N–C) groups is 3. The average Bonchev–Trinajstić information content (AvgIpc) is 4.15. The van der Waals surface area contributed by atoms with Gasteiger partial charge in [-0.15, -0.1) is 11.4 Å². The summed E-state index contributed by atoms with van der Waals surface area (Å²) in [5, 5.41) is 19.6. The molecule has 63 heavy (non-hydrogen) atoms. The molecule has 6 aromatic rings. The predicted octanol–water partition coefficient (Wildman–Crippen LogP) is 10.9. The summed E-state index contributed by atoms with van der Waals surface area (Å²) < 4.78 is 0. The van der Waals surface area contributed by atoms with E-state index in [1.807, 2.05) is 115 Å². The normalized spacial score (nSPS) is 18.8. The maximum atomic E-state index is 12.2. The molecule has 1 atom stereocenters. The molecule has 5 heterocycles. The van der Waals surface area contributed by atoms with Gasteiger partial charge < -0.3 is 15.2 Å². The van der Waals surface area contributed by atoms with Gasteiger partial charge in [0.1, 0.15) is 0 Å². The van der Waals surface area contributed by atoms with Crippen LogP contribution < -0.4 is 4.98 Å². The quantitative estimate of drug-likeness (QED) is 0.147. The minimum atomic E-state index is -1.32. The van der Waals surface area contributed by atoms with Crippen LogP contribution in [0.15, 0.2) is 226 Å². The monoisotopic (exact) mass is 867 g/mol. The molecule has 0 spiro atoms. The third-order valence-electron chi connectivity index (χ3n) is 11.2. The molecule has 0 radical (unpaired) electrons.